The van der Waals surface area contributed by atoms with E-state index in [4.69, 9.17) is 16.0 Å². The van der Waals surface area contributed by atoms with Crippen molar-refractivity contribution in [2.45, 2.75) is 38.0 Å². The van der Waals surface area contributed by atoms with Gasteiger partial charge in [-0.1, -0.05) is 54.1 Å². The number of nitrogens with one attached hydrogen (secondary N) is 1. The molecule has 0 amide bonds. The summed E-state index contributed by atoms with van der Waals surface area (Å²) < 4.78 is 34.3. The van der Waals surface area contributed by atoms with Gasteiger partial charge in [0.25, 0.3) is 10.0 Å². The van der Waals surface area contributed by atoms with Crippen LogP contribution < -0.4 is 4.72 Å². The molecule has 8 heteroatoms. The van der Waals surface area contributed by atoms with Crippen LogP contribution in [0.25, 0.3) is 0 Å². The van der Waals surface area contributed by atoms with Crippen LogP contribution in [0.4, 0.5) is 5.69 Å². The van der Waals surface area contributed by atoms with E-state index >= 15 is 0 Å². The first-order valence-electron chi connectivity index (χ1n) is 10.8. The monoisotopic (exact) mass is 510 g/mol. The van der Waals surface area contributed by atoms with Gasteiger partial charge in [-0.25, -0.2) is 13.4 Å². The highest BCUT2D eigenvalue weighted by Gasteiger charge is 2.28. The Kier molecular flexibility index (Phi) is 7.83. The first-order valence-corrected chi connectivity index (χ1v) is 12.7. The molecule has 1 aromatic heterocycles. The Morgan fingerprint density at radius 1 is 1.14 bits per heavy atom. The highest BCUT2D eigenvalue weighted by Crippen LogP contribution is 2.31. The van der Waals surface area contributed by atoms with Crippen LogP contribution in [-0.4, -0.2) is 19.2 Å². The molecule has 0 fully saturated rings. The fourth-order valence-corrected chi connectivity index (χ4v) is 4.65. The van der Waals surface area contributed by atoms with Crippen molar-refractivity contribution in [3.05, 3.63) is 113 Å². The first-order chi connectivity index (χ1) is 16.5. The summed E-state index contributed by atoms with van der Waals surface area (Å²) in [5.74, 6) is 0.157. The van der Waals surface area contributed by atoms with Crippen molar-refractivity contribution in [1.29, 1.82) is 0 Å². The van der Waals surface area contributed by atoms with Crippen LogP contribution in [0.3, 0.4) is 0 Å². The molecule has 0 aliphatic heterocycles. The van der Waals surface area contributed by atoms with Gasteiger partial charge in [0.05, 0.1) is 22.2 Å². The highest BCUT2D eigenvalue weighted by atomic mass is 35.5. The van der Waals surface area contributed by atoms with E-state index in [2.05, 4.69) is 16.3 Å². The normalized spacial score (nSPS) is 12.7. The second-order valence-electron chi connectivity index (χ2n) is 8.53. The lowest BCUT2D eigenvalue weighted by molar-refractivity contribution is 0.103. The standard InChI is InChI=1S/C27H27ClN2O4S/c1-6-19(8-7-18(2)3)25(31)23-17-21(28)11-14-24(23)30-35(32,33)22-12-9-20(10-13-22)27(4,5)26-29-15-16-34-26/h6-17,30H,2H2,1,3-5H3/b8-7-,19-6+. The van der Waals surface area contributed by atoms with Crippen LogP contribution in [0.2, 0.25) is 5.02 Å². The van der Waals surface area contributed by atoms with Crippen molar-refractivity contribution in [2.24, 2.45) is 0 Å². The zero-order valence-electron chi connectivity index (χ0n) is 20.0. The van der Waals surface area contributed by atoms with Crippen molar-refractivity contribution >= 4 is 33.1 Å². The van der Waals surface area contributed by atoms with E-state index in [1.54, 1.807) is 43.5 Å². The number of rotatable bonds is 9. The van der Waals surface area contributed by atoms with Crippen LogP contribution in [0, 0.1) is 0 Å². The Hall–Kier alpha value is -3.42. The van der Waals surface area contributed by atoms with Crippen molar-refractivity contribution in [3.8, 4) is 0 Å². The van der Waals surface area contributed by atoms with Gasteiger partial charge in [-0.15, -0.1) is 0 Å². The number of sulfonamides is 1. The van der Waals surface area contributed by atoms with Gasteiger partial charge in [0.15, 0.2) is 5.78 Å². The van der Waals surface area contributed by atoms with E-state index in [0.29, 0.717) is 16.5 Å². The van der Waals surface area contributed by atoms with E-state index in [-0.39, 0.29) is 21.9 Å². The van der Waals surface area contributed by atoms with Crippen LogP contribution in [0.1, 0.15) is 49.5 Å². The topological polar surface area (TPSA) is 89.3 Å². The van der Waals surface area contributed by atoms with Crippen molar-refractivity contribution in [1.82, 2.24) is 4.98 Å². The Morgan fingerprint density at radius 3 is 2.40 bits per heavy atom. The number of nitrogens with zero attached hydrogens (tertiary/aromatic N) is 1. The van der Waals surface area contributed by atoms with Gasteiger partial charge in [-0.05, 0) is 63.6 Å². The molecule has 0 atom stereocenters. The van der Waals surface area contributed by atoms with Gasteiger partial charge >= 0.3 is 0 Å². The number of ketones is 1. The summed E-state index contributed by atoms with van der Waals surface area (Å²) in [4.78, 5) is 17.5. The summed E-state index contributed by atoms with van der Waals surface area (Å²) >= 11 is 6.13. The summed E-state index contributed by atoms with van der Waals surface area (Å²) in [7, 11) is -3.99. The number of carbonyl (C=O) groups is 1. The number of carbonyl (C=O) groups excluding carboxylic acids is 1. The second kappa shape index (κ2) is 10.5. The molecule has 0 bridgehead atoms. The maximum atomic E-state index is 13.2. The lowest BCUT2D eigenvalue weighted by atomic mass is 9.84. The molecule has 0 radical (unpaired) electrons. The number of aromatic nitrogens is 1. The van der Waals surface area contributed by atoms with Crippen LogP contribution in [0.15, 0.2) is 100 Å². The third-order valence-corrected chi connectivity index (χ3v) is 7.06. The van der Waals surface area contributed by atoms with E-state index < -0.39 is 15.4 Å². The SMILES string of the molecule is C=C(C)/C=C\C(=C/C)C(=O)c1cc(Cl)ccc1NS(=O)(=O)c1ccc(C(C)(C)c2ncco2)cc1. The van der Waals surface area contributed by atoms with Crippen molar-refractivity contribution in [3.63, 3.8) is 0 Å². The number of hydrogen-bond donors (Lipinski definition) is 1. The molecular weight excluding hydrogens is 484 g/mol. The summed E-state index contributed by atoms with van der Waals surface area (Å²) in [6, 6.07) is 10.9. The minimum Gasteiger partial charge on any atom is -0.448 e. The molecule has 6 nitrogen and oxygen atoms in total. The average molecular weight is 511 g/mol. The van der Waals surface area contributed by atoms with E-state index in [1.807, 2.05) is 20.8 Å². The molecule has 0 aliphatic rings. The van der Waals surface area contributed by atoms with E-state index in [0.717, 1.165) is 11.1 Å². The number of halogens is 1. The van der Waals surface area contributed by atoms with Crippen LogP contribution in [-0.2, 0) is 15.4 Å². The molecule has 0 spiro atoms. The molecule has 0 saturated heterocycles. The average Bonchev–Trinajstić information content (AvgIpc) is 3.36. The smallest absolute Gasteiger partial charge is 0.261 e. The minimum absolute atomic E-state index is 0.0474. The predicted octanol–water partition coefficient (Wildman–Crippen LogP) is 6.72. The zero-order chi connectivity index (χ0) is 25.8. The summed E-state index contributed by atoms with van der Waals surface area (Å²) in [5.41, 5.74) is 1.72. The maximum absolute atomic E-state index is 13.2. The Labute approximate surface area is 211 Å². The Bertz CT molecular complexity index is 1400. The van der Waals surface area contributed by atoms with Gasteiger partial charge < -0.3 is 4.42 Å². The molecule has 1 N–H and O–H groups in total. The van der Waals surface area contributed by atoms with Gasteiger partial charge in [0.2, 0.25) is 5.89 Å². The number of anilines is 1. The number of oxazole rings is 1. The highest BCUT2D eigenvalue weighted by molar-refractivity contribution is 7.92. The second-order valence-corrected chi connectivity index (χ2v) is 10.7. The van der Waals surface area contributed by atoms with E-state index in [1.165, 1.54) is 36.6 Å². The fraction of sp³-hybridized carbons (Fsp3) is 0.185. The van der Waals surface area contributed by atoms with Crippen LogP contribution >= 0.6 is 11.6 Å². The van der Waals surface area contributed by atoms with Gasteiger partial charge in [-0.2, -0.15) is 0 Å². The van der Waals surface area contributed by atoms with Gasteiger partial charge in [-0.3, -0.25) is 9.52 Å². The summed E-state index contributed by atoms with van der Waals surface area (Å²) in [6.07, 6.45) is 8.06. The minimum atomic E-state index is -3.99. The number of Topliss-reactive ketones (excluding diaryl/α,β-unsaturated/α-hetero) is 1. The largest absolute Gasteiger partial charge is 0.448 e. The molecule has 35 heavy (non-hydrogen) atoms. The van der Waals surface area contributed by atoms with Crippen LogP contribution in [0.5, 0.6) is 0 Å². The van der Waals surface area contributed by atoms with E-state index in [9.17, 15) is 13.2 Å². The third kappa shape index (κ3) is 5.99. The Morgan fingerprint density at radius 2 is 1.83 bits per heavy atom. The molecule has 3 rings (SSSR count). The first kappa shape index (κ1) is 26.2. The molecule has 2 aromatic carbocycles. The van der Waals surface area contributed by atoms with Gasteiger partial charge in [0, 0.05) is 16.2 Å². The van der Waals surface area contributed by atoms with Gasteiger partial charge in [0.1, 0.15) is 6.26 Å². The molecular formula is C27H27ClN2O4S. The van der Waals surface area contributed by atoms with Crippen molar-refractivity contribution < 1.29 is 17.6 Å². The molecule has 3 aromatic rings. The summed E-state index contributed by atoms with van der Waals surface area (Å²) in [5, 5.41) is 0.314. The molecule has 0 saturated carbocycles. The Balaban J connectivity index is 1.93. The zero-order valence-corrected chi connectivity index (χ0v) is 21.6. The number of hydrogen-bond acceptors (Lipinski definition) is 5. The number of allylic oxidation sites excluding steroid dienone is 5. The molecule has 0 aliphatic carbocycles. The third-order valence-electron chi connectivity index (χ3n) is 5.44. The maximum Gasteiger partial charge on any atom is 0.261 e. The summed E-state index contributed by atoms with van der Waals surface area (Å²) in [6.45, 7) is 11.2. The molecule has 1 heterocycles. The fourth-order valence-electron chi connectivity index (χ4n) is 3.39. The molecule has 182 valence electrons. The number of benzene rings is 2. The quantitative estimate of drug-likeness (QED) is 0.196. The predicted molar refractivity (Wildman–Crippen MR) is 139 cm³/mol. The molecule has 0 unspecified atom stereocenters. The van der Waals surface area contributed by atoms with Crippen molar-refractivity contribution in [2.75, 3.05) is 4.72 Å². The lowest BCUT2D eigenvalue weighted by Gasteiger charge is -2.21. The lowest BCUT2D eigenvalue weighted by Crippen LogP contribution is -2.20.